The van der Waals surface area contributed by atoms with Crippen LogP contribution in [0.25, 0.3) is 0 Å². The van der Waals surface area contributed by atoms with Crippen LogP contribution in [0.15, 0.2) is 29.2 Å². The van der Waals surface area contributed by atoms with Crippen molar-refractivity contribution in [3.05, 3.63) is 29.8 Å². The predicted molar refractivity (Wildman–Crippen MR) is 59.1 cm³/mol. The van der Waals surface area contributed by atoms with Crippen molar-refractivity contribution in [3.63, 3.8) is 0 Å². The highest BCUT2D eigenvalue weighted by atomic mass is 32.2. The first kappa shape index (κ1) is 14.5. The van der Waals surface area contributed by atoms with Gasteiger partial charge >= 0.3 is 5.76 Å². The van der Waals surface area contributed by atoms with Crippen LogP contribution >= 0.6 is 0 Å². The van der Waals surface area contributed by atoms with Gasteiger partial charge in [-0.3, -0.25) is 4.79 Å². The Balaban J connectivity index is 2.90. The summed E-state index contributed by atoms with van der Waals surface area (Å²) in [4.78, 5) is 10.8. The van der Waals surface area contributed by atoms with Crippen LogP contribution in [-0.4, -0.2) is 38.3 Å². The van der Waals surface area contributed by atoms with Crippen molar-refractivity contribution in [2.24, 2.45) is 0 Å². The van der Waals surface area contributed by atoms with E-state index in [1.54, 1.807) is 0 Å². The lowest BCUT2D eigenvalue weighted by atomic mass is 10.2. The summed E-state index contributed by atoms with van der Waals surface area (Å²) in [5.74, 6) is -4.02. The number of carbonyl (C=O) groups excluding carboxylic acids is 1. The largest absolute Gasteiger partial charge is 0.395 e. The number of aliphatic hydroxyl groups excluding tert-OH is 1. The molecule has 0 spiro atoms. The molecule has 0 saturated carbocycles. The molecule has 5 nitrogen and oxygen atoms in total. The molecule has 0 fully saturated rings. The molecule has 1 amide bonds. The minimum Gasteiger partial charge on any atom is -0.395 e. The lowest BCUT2D eigenvalue weighted by Crippen LogP contribution is -2.26. The van der Waals surface area contributed by atoms with Gasteiger partial charge in [0.15, 0.2) is 0 Å². The molecule has 0 unspecified atom stereocenters. The smallest absolute Gasteiger partial charge is 0.341 e. The summed E-state index contributed by atoms with van der Waals surface area (Å²) in [5, 5.41) is 10.8. The van der Waals surface area contributed by atoms with Crippen LogP contribution in [0.2, 0.25) is 0 Å². The van der Waals surface area contributed by atoms with Gasteiger partial charge in [-0.1, -0.05) is 0 Å². The number of halogens is 2. The van der Waals surface area contributed by atoms with Gasteiger partial charge < -0.3 is 10.4 Å². The third-order valence-corrected chi connectivity index (χ3v) is 3.48. The Morgan fingerprint density at radius 2 is 1.83 bits per heavy atom. The molecule has 18 heavy (non-hydrogen) atoms. The number of carbonyl (C=O) groups is 1. The molecule has 0 aliphatic heterocycles. The van der Waals surface area contributed by atoms with E-state index in [1.165, 1.54) is 0 Å². The minimum absolute atomic E-state index is 0.0515. The van der Waals surface area contributed by atoms with Crippen molar-refractivity contribution in [1.29, 1.82) is 0 Å². The molecule has 0 atom stereocenters. The molecule has 0 aliphatic carbocycles. The Hall–Kier alpha value is -1.54. The van der Waals surface area contributed by atoms with Crippen LogP contribution in [-0.2, 0) is 9.84 Å². The molecule has 1 aromatic rings. The summed E-state index contributed by atoms with van der Waals surface area (Å²) in [6.07, 6.45) is 0. The van der Waals surface area contributed by atoms with Gasteiger partial charge in [-0.15, -0.1) is 0 Å². The van der Waals surface area contributed by atoms with Crippen molar-refractivity contribution >= 4 is 15.7 Å². The summed E-state index contributed by atoms with van der Waals surface area (Å²) in [7, 11) is -4.64. The zero-order valence-corrected chi connectivity index (χ0v) is 9.95. The van der Waals surface area contributed by atoms with Gasteiger partial charge in [0.1, 0.15) is 0 Å². The normalized spacial score (nSPS) is 11.6. The Bertz CT molecular complexity index is 513. The average Bonchev–Trinajstić information content (AvgIpc) is 2.35. The van der Waals surface area contributed by atoms with E-state index >= 15 is 0 Å². The highest BCUT2D eigenvalue weighted by Gasteiger charge is 2.26. The summed E-state index contributed by atoms with van der Waals surface area (Å²) in [6, 6.07) is 4.13. The summed E-state index contributed by atoms with van der Waals surface area (Å²) >= 11 is 0. The van der Waals surface area contributed by atoms with E-state index in [9.17, 15) is 22.0 Å². The fraction of sp³-hybridized carbons (Fsp3) is 0.300. The van der Waals surface area contributed by atoms with Gasteiger partial charge in [0, 0.05) is 12.1 Å². The number of hydrogen-bond donors (Lipinski definition) is 2. The quantitative estimate of drug-likeness (QED) is 0.817. The second kappa shape index (κ2) is 5.87. The zero-order chi connectivity index (χ0) is 13.8. The highest BCUT2D eigenvalue weighted by Crippen LogP contribution is 2.18. The first-order chi connectivity index (χ1) is 8.39. The van der Waals surface area contributed by atoms with Crippen LogP contribution < -0.4 is 5.32 Å². The van der Waals surface area contributed by atoms with Crippen molar-refractivity contribution < 1.29 is 27.1 Å². The fourth-order valence-corrected chi connectivity index (χ4v) is 1.89. The molecule has 0 aliphatic rings. The zero-order valence-electron chi connectivity index (χ0n) is 9.14. The number of rotatable bonds is 5. The Morgan fingerprint density at radius 3 is 2.28 bits per heavy atom. The molecule has 0 aromatic heterocycles. The van der Waals surface area contributed by atoms with E-state index in [4.69, 9.17) is 5.11 Å². The molecule has 1 aromatic carbocycles. The van der Waals surface area contributed by atoms with E-state index in [-0.39, 0.29) is 18.7 Å². The standard InChI is InChI=1S/C10H11F2NO4S/c11-10(12)18(16,17)8-3-1-7(2-4-8)9(15)13-5-6-14/h1-4,10,14H,5-6H2,(H,13,15). The van der Waals surface area contributed by atoms with E-state index in [0.29, 0.717) is 0 Å². The number of amides is 1. The van der Waals surface area contributed by atoms with Crippen molar-refractivity contribution in [3.8, 4) is 0 Å². The van der Waals surface area contributed by atoms with E-state index < -0.39 is 26.4 Å². The van der Waals surface area contributed by atoms with Gasteiger partial charge in [0.2, 0.25) is 9.84 Å². The van der Waals surface area contributed by atoms with E-state index in [1.807, 2.05) is 0 Å². The molecule has 100 valence electrons. The first-order valence-corrected chi connectivity index (χ1v) is 6.45. The molecular formula is C10H11F2NO4S. The van der Waals surface area contributed by atoms with Crippen molar-refractivity contribution in [2.45, 2.75) is 10.7 Å². The van der Waals surface area contributed by atoms with Gasteiger partial charge in [0.25, 0.3) is 5.91 Å². The highest BCUT2D eigenvalue weighted by molar-refractivity contribution is 7.91. The number of hydrogen-bond acceptors (Lipinski definition) is 4. The Kier molecular flexibility index (Phi) is 4.74. The monoisotopic (exact) mass is 279 g/mol. The number of aliphatic hydroxyl groups is 1. The van der Waals surface area contributed by atoms with Gasteiger partial charge in [-0.05, 0) is 24.3 Å². The first-order valence-electron chi connectivity index (χ1n) is 4.90. The van der Waals surface area contributed by atoms with Crippen LogP contribution in [0.1, 0.15) is 10.4 Å². The van der Waals surface area contributed by atoms with Crippen molar-refractivity contribution in [1.82, 2.24) is 5.32 Å². The topological polar surface area (TPSA) is 83.5 Å². The van der Waals surface area contributed by atoms with Crippen LogP contribution in [0.3, 0.4) is 0 Å². The van der Waals surface area contributed by atoms with Gasteiger partial charge in [-0.25, -0.2) is 8.42 Å². The van der Waals surface area contributed by atoms with E-state index in [0.717, 1.165) is 24.3 Å². The lowest BCUT2D eigenvalue weighted by molar-refractivity contribution is 0.0944. The number of sulfone groups is 1. The molecular weight excluding hydrogens is 268 g/mol. The predicted octanol–water partition coefficient (Wildman–Crippen LogP) is 0.405. The maximum Gasteiger partial charge on any atom is 0.341 e. The molecule has 0 heterocycles. The van der Waals surface area contributed by atoms with Crippen LogP contribution in [0, 0.1) is 0 Å². The maximum atomic E-state index is 12.2. The third-order valence-electron chi connectivity index (χ3n) is 2.08. The second-order valence-electron chi connectivity index (χ2n) is 3.31. The molecule has 0 bridgehead atoms. The van der Waals surface area contributed by atoms with Crippen LogP contribution in [0.5, 0.6) is 0 Å². The third kappa shape index (κ3) is 3.23. The molecule has 8 heteroatoms. The maximum absolute atomic E-state index is 12.2. The molecule has 0 saturated heterocycles. The lowest BCUT2D eigenvalue weighted by Gasteiger charge is -2.05. The molecule has 0 radical (unpaired) electrons. The second-order valence-corrected chi connectivity index (χ2v) is 5.23. The summed E-state index contributed by atoms with van der Waals surface area (Å²) in [6.45, 7) is -0.181. The number of alkyl halides is 2. The fourth-order valence-electron chi connectivity index (χ4n) is 1.17. The number of nitrogens with one attached hydrogen (secondary N) is 1. The van der Waals surface area contributed by atoms with Crippen molar-refractivity contribution in [2.75, 3.05) is 13.2 Å². The van der Waals surface area contributed by atoms with Gasteiger partial charge in [-0.2, -0.15) is 8.78 Å². The minimum atomic E-state index is -4.64. The molecule has 1 rings (SSSR count). The summed E-state index contributed by atoms with van der Waals surface area (Å²) in [5.41, 5.74) is 0.122. The average molecular weight is 279 g/mol. The Labute approximate surface area is 102 Å². The van der Waals surface area contributed by atoms with Gasteiger partial charge in [0.05, 0.1) is 11.5 Å². The molecule has 2 N–H and O–H groups in total. The summed E-state index contributed by atoms with van der Waals surface area (Å²) < 4.78 is 46.7. The SMILES string of the molecule is O=C(NCCO)c1ccc(S(=O)(=O)C(F)F)cc1. The Morgan fingerprint density at radius 1 is 1.28 bits per heavy atom. The van der Waals surface area contributed by atoms with Crippen LogP contribution in [0.4, 0.5) is 8.78 Å². The van der Waals surface area contributed by atoms with E-state index in [2.05, 4.69) is 5.32 Å². The number of benzene rings is 1.